The lowest BCUT2D eigenvalue weighted by molar-refractivity contribution is 0.657. The summed E-state index contributed by atoms with van der Waals surface area (Å²) in [5, 5.41) is 0.391. The van der Waals surface area contributed by atoms with Crippen LogP contribution in [0.1, 0.15) is 36.0 Å². The van der Waals surface area contributed by atoms with Gasteiger partial charge in [-0.2, -0.15) is 11.8 Å². The fourth-order valence-corrected chi connectivity index (χ4v) is 3.22. The molecule has 0 aromatic carbocycles. The van der Waals surface area contributed by atoms with Gasteiger partial charge in [-0.25, -0.2) is 4.98 Å². The molecule has 1 fully saturated rings. The highest BCUT2D eigenvalue weighted by atomic mass is 127. The number of aryl methyl sites for hydroxylation is 1. The van der Waals surface area contributed by atoms with Crippen LogP contribution < -0.4 is 5.56 Å². The highest BCUT2D eigenvalue weighted by Crippen LogP contribution is 2.36. The normalized spacial score (nSPS) is 21.6. The minimum Gasteiger partial charge on any atom is -0.309 e. The number of rotatable bonds is 1. The van der Waals surface area contributed by atoms with E-state index in [1.54, 1.807) is 0 Å². The van der Waals surface area contributed by atoms with E-state index in [0.717, 1.165) is 17.9 Å². The first-order valence-corrected chi connectivity index (χ1v) is 7.19. The Labute approximate surface area is 107 Å². The summed E-state index contributed by atoms with van der Waals surface area (Å²) in [5.74, 6) is 2.04. The van der Waals surface area contributed by atoms with Crippen LogP contribution in [-0.4, -0.2) is 15.7 Å². The molecule has 1 aliphatic heterocycles. The van der Waals surface area contributed by atoms with Gasteiger partial charge in [-0.15, -0.1) is 0 Å². The van der Waals surface area contributed by atoms with Gasteiger partial charge in [0, 0.05) is 0 Å². The molecule has 0 bridgehead atoms. The number of thioether (sulfide) groups is 1. The number of hydrogen-bond acceptors (Lipinski definition) is 3. The lowest BCUT2D eigenvalue weighted by Crippen LogP contribution is -2.19. The SMILES string of the molecule is Cc1nc(C2CCCCS2)[nH]c(=O)c1I. The summed E-state index contributed by atoms with van der Waals surface area (Å²) in [5.41, 5.74) is 0.852. The van der Waals surface area contributed by atoms with E-state index >= 15 is 0 Å². The summed E-state index contributed by atoms with van der Waals surface area (Å²) in [6.07, 6.45) is 3.66. The van der Waals surface area contributed by atoms with Crippen LogP contribution in [0.2, 0.25) is 0 Å². The zero-order valence-corrected chi connectivity index (χ0v) is 11.5. The van der Waals surface area contributed by atoms with Crippen LogP contribution in [0.25, 0.3) is 0 Å². The van der Waals surface area contributed by atoms with Crippen molar-refractivity contribution in [1.29, 1.82) is 0 Å². The maximum Gasteiger partial charge on any atom is 0.264 e. The number of H-pyrrole nitrogens is 1. The van der Waals surface area contributed by atoms with Crippen molar-refractivity contribution in [2.45, 2.75) is 31.4 Å². The summed E-state index contributed by atoms with van der Waals surface area (Å²) < 4.78 is 0.706. The van der Waals surface area contributed by atoms with E-state index in [4.69, 9.17) is 0 Å². The van der Waals surface area contributed by atoms with Crippen LogP contribution in [0, 0.1) is 10.5 Å². The van der Waals surface area contributed by atoms with Gasteiger partial charge in [0.25, 0.3) is 5.56 Å². The van der Waals surface area contributed by atoms with Crippen molar-refractivity contribution in [1.82, 2.24) is 9.97 Å². The lowest BCUT2D eigenvalue weighted by atomic mass is 10.2. The molecule has 1 unspecified atom stereocenters. The predicted octanol–water partition coefficient (Wildman–Crippen LogP) is 2.64. The molecule has 5 heteroatoms. The van der Waals surface area contributed by atoms with Crippen molar-refractivity contribution in [2.24, 2.45) is 0 Å². The third-order valence-electron chi connectivity index (χ3n) is 2.53. The summed E-state index contributed by atoms with van der Waals surface area (Å²) in [4.78, 5) is 19.0. The van der Waals surface area contributed by atoms with Crippen LogP contribution in [0.4, 0.5) is 0 Å². The van der Waals surface area contributed by atoms with Crippen LogP contribution in [0.15, 0.2) is 4.79 Å². The van der Waals surface area contributed by atoms with Crippen molar-refractivity contribution in [3.8, 4) is 0 Å². The molecule has 3 nitrogen and oxygen atoms in total. The smallest absolute Gasteiger partial charge is 0.264 e. The molecule has 1 atom stereocenters. The van der Waals surface area contributed by atoms with E-state index in [0.29, 0.717) is 8.82 Å². The quantitative estimate of drug-likeness (QED) is 0.802. The van der Waals surface area contributed by atoms with Crippen molar-refractivity contribution >= 4 is 34.4 Å². The Morgan fingerprint density at radius 2 is 2.33 bits per heavy atom. The first-order valence-electron chi connectivity index (χ1n) is 5.06. The number of aromatic nitrogens is 2. The van der Waals surface area contributed by atoms with E-state index < -0.39 is 0 Å². The average Bonchev–Trinajstić information content (AvgIpc) is 2.26. The maximum atomic E-state index is 11.6. The molecular formula is C10H13IN2OS. The van der Waals surface area contributed by atoms with E-state index in [1.165, 1.54) is 18.6 Å². The lowest BCUT2D eigenvalue weighted by Gasteiger charge is -2.20. The first-order chi connectivity index (χ1) is 7.18. The van der Waals surface area contributed by atoms with Gasteiger partial charge in [0.15, 0.2) is 0 Å². The summed E-state index contributed by atoms with van der Waals surface area (Å²) in [6, 6.07) is 0. The predicted molar refractivity (Wildman–Crippen MR) is 71.4 cm³/mol. The molecule has 1 aromatic heterocycles. The first kappa shape index (κ1) is 11.4. The highest BCUT2D eigenvalue weighted by molar-refractivity contribution is 14.1. The fourth-order valence-electron chi connectivity index (χ4n) is 1.70. The monoisotopic (exact) mass is 336 g/mol. The Hall–Kier alpha value is -0.0400. The highest BCUT2D eigenvalue weighted by Gasteiger charge is 2.19. The zero-order valence-electron chi connectivity index (χ0n) is 8.55. The van der Waals surface area contributed by atoms with Gasteiger partial charge in [0.05, 0.1) is 14.5 Å². The van der Waals surface area contributed by atoms with Gasteiger partial charge in [0.2, 0.25) is 0 Å². The standard InChI is InChI=1S/C10H13IN2OS/c1-6-8(11)10(14)13-9(12-6)7-4-2-3-5-15-7/h7H,2-5H2,1H3,(H,12,13,14). The molecule has 1 aliphatic rings. The Balaban J connectivity index is 2.32. The molecule has 0 aliphatic carbocycles. The maximum absolute atomic E-state index is 11.6. The van der Waals surface area contributed by atoms with E-state index in [9.17, 15) is 4.79 Å². The summed E-state index contributed by atoms with van der Waals surface area (Å²) in [7, 11) is 0. The molecule has 15 heavy (non-hydrogen) atoms. The molecule has 0 spiro atoms. The average molecular weight is 336 g/mol. The van der Waals surface area contributed by atoms with Crippen LogP contribution in [-0.2, 0) is 0 Å². The third-order valence-corrected chi connectivity index (χ3v) is 5.19. The molecule has 0 saturated carbocycles. The molecular weight excluding hydrogens is 323 g/mol. The van der Waals surface area contributed by atoms with E-state index in [2.05, 4.69) is 9.97 Å². The molecule has 82 valence electrons. The van der Waals surface area contributed by atoms with E-state index in [-0.39, 0.29) is 5.56 Å². The largest absolute Gasteiger partial charge is 0.309 e. The minimum absolute atomic E-state index is 0.00396. The Kier molecular flexibility index (Phi) is 3.71. The molecule has 0 amide bonds. The fraction of sp³-hybridized carbons (Fsp3) is 0.600. The molecule has 2 rings (SSSR count). The Morgan fingerprint density at radius 1 is 1.53 bits per heavy atom. The van der Waals surface area contributed by atoms with Crippen molar-refractivity contribution in [3.63, 3.8) is 0 Å². The number of halogens is 1. The number of nitrogens with one attached hydrogen (secondary N) is 1. The minimum atomic E-state index is 0.00396. The second-order valence-electron chi connectivity index (χ2n) is 3.71. The van der Waals surface area contributed by atoms with Crippen molar-refractivity contribution in [3.05, 3.63) is 25.4 Å². The van der Waals surface area contributed by atoms with Gasteiger partial charge in [0.1, 0.15) is 5.82 Å². The number of nitrogens with zero attached hydrogens (tertiary/aromatic N) is 1. The van der Waals surface area contributed by atoms with Gasteiger partial charge in [-0.05, 0) is 48.1 Å². The van der Waals surface area contributed by atoms with Gasteiger partial charge >= 0.3 is 0 Å². The Morgan fingerprint density at radius 3 is 2.93 bits per heavy atom. The number of aromatic amines is 1. The third kappa shape index (κ3) is 2.55. The number of hydrogen-bond donors (Lipinski definition) is 1. The van der Waals surface area contributed by atoms with Gasteiger partial charge in [-0.1, -0.05) is 6.42 Å². The van der Waals surface area contributed by atoms with Crippen molar-refractivity contribution in [2.75, 3.05) is 5.75 Å². The summed E-state index contributed by atoms with van der Waals surface area (Å²) in [6.45, 7) is 1.90. The van der Waals surface area contributed by atoms with Crippen LogP contribution in [0.3, 0.4) is 0 Å². The molecule has 1 aromatic rings. The molecule has 0 radical (unpaired) electrons. The van der Waals surface area contributed by atoms with Crippen LogP contribution >= 0.6 is 34.4 Å². The summed E-state index contributed by atoms with van der Waals surface area (Å²) >= 11 is 3.95. The van der Waals surface area contributed by atoms with Gasteiger partial charge < -0.3 is 4.98 Å². The second kappa shape index (κ2) is 4.86. The van der Waals surface area contributed by atoms with Gasteiger partial charge in [-0.3, -0.25) is 4.79 Å². The van der Waals surface area contributed by atoms with Crippen molar-refractivity contribution < 1.29 is 0 Å². The topological polar surface area (TPSA) is 45.8 Å². The molecule has 1 N–H and O–H groups in total. The van der Waals surface area contributed by atoms with Crippen LogP contribution in [0.5, 0.6) is 0 Å². The molecule has 1 saturated heterocycles. The second-order valence-corrected chi connectivity index (χ2v) is 6.10. The van der Waals surface area contributed by atoms with E-state index in [1.807, 2.05) is 41.3 Å². The zero-order chi connectivity index (χ0) is 10.8. The molecule has 2 heterocycles. The Bertz CT molecular complexity index is 412.